The quantitative estimate of drug-likeness (QED) is 0.486. The summed E-state index contributed by atoms with van der Waals surface area (Å²) in [4.78, 5) is 24.3. The van der Waals surface area contributed by atoms with Crippen LogP contribution in [0.5, 0.6) is 0 Å². The van der Waals surface area contributed by atoms with Crippen molar-refractivity contribution in [3.8, 4) is 0 Å². The minimum absolute atomic E-state index is 0.114. The number of nitrogens with one attached hydrogen (secondary N) is 1. The van der Waals surface area contributed by atoms with E-state index in [1.807, 2.05) is 42.7 Å². The summed E-state index contributed by atoms with van der Waals surface area (Å²) < 4.78 is 0. The number of rotatable bonds is 9. The lowest BCUT2D eigenvalue weighted by atomic mass is 10.0. The molecule has 0 bridgehead atoms. The molecule has 3 heterocycles. The third-order valence-corrected chi connectivity index (χ3v) is 7.81. The molecule has 35 heavy (non-hydrogen) atoms. The molecule has 0 radical (unpaired) electrons. The second-order valence-electron chi connectivity index (χ2n) is 9.29. The van der Waals surface area contributed by atoms with Crippen LogP contribution in [0, 0.1) is 5.92 Å². The minimum Gasteiger partial charge on any atom is -0.368 e. The van der Waals surface area contributed by atoms with Gasteiger partial charge in [-0.2, -0.15) is 0 Å². The molecule has 0 spiro atoms. The first-order chi connectivity index (χ1) is 17.0. The lowest BCUT2D eigenvalue weighted by molar-refractivity contribution is -0.124. The molecular formula is C27H35Cl2N5O. The van der Waals surface area contributed by atoms with E-state index in [0.29, 0.717) is 16.6 Å². The van der Waals surface area contributed by atoms with Crippen molar-refractivity contribution in [3.05, 3.63) is 64.4 Å². The Morgan fingerprint density at radius 1 is 1.09 bits per heavy atom. The van der Waals surface area contributed by atoms with Crippen molar-refractivity contribution in [2.75, 3.05) is 50.7 Å². The molecule has 1 aromatic heterocycles. The van der Waals surface area contributed by atoms with Gasteiger partial charge in [-0.1, -0.05) is 36.2 Å². The van der Waals surface area contributed by atoms with E-state index < -0.39 is 0 Å². The Hall–Kier alpha value is -2.28. The molecule has 1 N–H and O–H groups in total. The van der Waals surface area contributed by atoms with E-state index in [2.05, 4.69) is 44.9 Å². The first kappa shape index (κ1) is 25.8. The molecule has 0 saturated carbocycles. The fourth-order valence-electron chi connectivity index (χ4n) is 5.04. The number of benzene rings is 1. The number of nitrogens with zero attached hydrogens (tertiary/aromatic N) is 4. The summed E-state index contributed by atoms with van der Waals surface area (Å²) in [6.45, 7) is 10.7. The van der Waals surface area contributed by atoms with Crippen LogP contribution in [-0.4, -0.2) is 72.5 Å². The van der Waals surface area contributed by atoms with Crippen molar-refractivity contribution in [2.45, 2.75) is 32.7 Å². The van der Waals surface area contributed by atoms with Crippen LogP contribution < -0.4 is 10.2 Å². The average Bonchev–Trinajstić information content (AvgIpc) is 3.21. The summed E-state index contributed by atoms with van der Waals surface area (Å²) in [7, 11) is 0. The zero-order valence-corrected chi connectivity index (χ0v) is 22.1. The monoisotopic (exact) mass is 515 g/mol. The van der Waals surface area contributed by atoms with Crippen molar-refractivity contribution < 1.29 is 4.79 Å². The molecule has 1 aromatic carbocycles. The van der Waals surface area contributed by atoms with E-state index in [-0.39, 0.29) is 17.9 Å². The Morgan fingerprint density at radius 2 is 1.83 bits per heavy atom. The molecule has 4 rings (SSSR count). The first-order valence-electron chi connectivity index (χ1n) is 12.6. The van der Waals surface area contributed by atoms with Gasteiger partial charge in [0.25, 0.3) is 0 Å². The second kappa shape index (κ2) is 12.1. The van der Waals surface area contributed by atoms with Crippen LogP contribution in [0.4, 0.5) is 5.69 Å². The zero-order valence-electron chi connectivity index (χ0n) is 20.6. The first-order valence-corrected chi connectivity index (χ1v) is 13.3. The molecule has 2 aliphatic rings. The number of pyridine rings is 1. The van der Waals surface area contributed by atoms with E-state index in [1.54, 1.807) is 0 Å². The maximum atomic E-state index is 13.1. The fourth-order valence-corrected chi connectivity index (χ4v) is 5.46. The van der Waals surface area contributed by atoms with Crippen LogP contribution in [0.2, 0.25) is 10.0 Å². The summed E-state index contributed by atoms with van der Waals surface area (Å²) >= 11 is 12.6. The summed E-state index contributed by atoms with van der Waals surface area (Å²) in [6, 6.07) is 9.97. The maximum Gasteiger partial charge on any atom is 0.229 e. The van der Waals surface area contributed by atoms with Gasteiger partial charge in [0.2, 0.25) is 5.91 Å². The molecule has 1 fully saturated rings. The summed E-state index contributed by atoms with van der Waals surface area (Å²) in [5, 5.41) is 4.41. The highest BCUT2D eigenvalue weighted by Crippen LogP contribution is 2.34. The van der Waals surface area contributed by atoms with Gasteiger partial charge in [0, 0.05) is 69.0 Å². The lowest BCUT2D eigenvalue weighted by Crippen LogP contribution is -2.47. The summed E-state index contributed by atoms with van der Waals surface area (Å²) in [5.41, 5.74) is 3.27. The Kier molecular flexibility index (Phi) is 8.93. The summed E-state index contributed by atoms with van der Waals surface area (Å²) in [6.07, 6.45) is 7.72. The molecule has 2 aromatic rings. The largest absolute Gasteiger partial charge is 0.368 e. The predicted molar refractivity (Wildman–Crippen MR) is 145 cm³/mol. The number of amides is 1. The van der Waals surface area contributed by atoms with E-state index >= 15 is 0 Å². The van der Waals surface area contributed by atoms with Gasteiger partial charge >= 0.3 is 0 Å². The molecule has 2 unspecified atom stereocenters. The normalized spacial score (nSPS) is 20.7. The van der Waals surface area contributed by atoms with Crippen molar-refractivity contribution in [2.24, 2.45) is 5.92 Å². The third kappa shape index (κ3) is 6.11. The van der Waals surface area contributed by atoms with Crippen molar-refractivity contribution in [1.82, 2.24) is 20.1 Å². The molecule has 1 amide bonds. The van der Waals surface area contributed by atoms with Crippen LogP contribution in [0.3, 0.4) is 0 Å². The van der Waals surface area contributed by atoms with Crippen molar-refractivity contribution >= 4 is 40.5 Å². The predicted octanol–water partition coefficient (Wildman–Crippen LogP) is 4.79. The molecule has 6 nitrogen and oxygen atoms in total. The zero-order chi connectivity index (χ0) is 24.8. The Bertz CT molecular complexity index is 1020. The highest BCUT2D eigenvalue weighted by atomic mass is 35.5. The smallest absolute Gasteiger partial charge is 0.229 e. The fraction of sp³-hybridized carbons (Fsp3) is 0.481. The summed E-state index contributed by atoms with van der Waals surface area (Å²) in [5.74, 6) is -0.0289. The lowest BCUT2D eigenvalue weighted by Gasteiger charge is -2.36. The molecule has 1 saturated heterocycles. The van der Waals surface area contributed by atoms with Crippen molar-refractivity contribution in [3.63, 3.8) is 0 Å². The van der Waals surface area contributed by atoms with Gasteiger partial charge in [-0.05, 0) is 56.7 Å². The number of anilines is 1. The topological polar surface area (TPSA) is 51.7 Å². The van der Waals surface area contributed by atoms with Crippen LogP contribution >= 0.6 is 23.2 Å². The van der Waals surface area contributed by atoms with Gasteiger partial charge in [0.05, 0.1) is 21.7 Å². The van der Waals surface area contributed by atoms with E-state index in [1.165, 1.54) is 0 Å². The number of aromatic nitrogens is 1. The molecule has 2 atom stereocenters. The number of hydrogen-bond acceptors (Lipinski definition) is 5. The van der Waals surface area contributed by atoms with Gasteiger partial charge in [-0.25, -0.2) is 0 Å². The van der Waals surface area contributed by atoms with E-state index in [4.69, 9.17) is 23.2 Å². The maximum absolute atomic E-state index is 13.1. The molecule has 2 aliphatic heterocycles. The molecular weight excluding hydrogens is 481 g/mol. The number of hydrogen-bond donors (Lipinski definition) is 1. The average molecular weight is 517 g/mol. The number of carbonyl (C=O) groups excluding carboxylic acids is 1. The highest BCUT2D eigenvalue weighted by Gasteiger charge is 2.35. The number of halogens is 2. The van der Waals surface area contributed by atoms with Crippen LogP contribution in [0.1, 0.15) is 32.3 Å². The molecule has 8 heteroatoms. The Labute approximate surface area is 218 Å². The van der Waals surface area contributed by atoms with E-state index in [0.717, 1.165) is 69.1 Å². The van der Waals surface area contributed by atoms with Gasteiger partial charge in [-0.3, -0.25) is 14.7 Å². The molecule has 188 valence electrons. The van der Waals surface area contributed by atoms with Crippen molar-refractivity contribution in [1.29, 1.82) is 0 Å². The Balaban J connectivity index is 1.24. The molecule has 0 aliphatic carbocycles. The highest BCUT2D eigenvalue weighted by molar-refractivity contribution is 6.43. The standard InChI is InChI=1S/C27H35Cl2N5O/c1-3-13-34-20(2)22(19-25(34)21-8-11-30-12-9-21)27(35)31-10-5-14-32-15-17-33(18-16-32)24-7-4-6-23(28)26(24)29/h4,6-9,11-12,19-20,22H,3,5,10,13-18H2,1-2H3,(H,31,35). The van der Waals surface area contributed by atoms with Gasteiger partial charge in [0.15, 0.2) is 0 Å². The third-order valence-electron chi connectivity index (χ3n) is 7.00. The van der Waals surface area contributed by atoms with Crippen LogP contribution in [0.15, 0.2) is 48.8 Å². The van der Waals surface area contributed by atoms with E-state index in [9.17, 15) is 4.79 Å². The Morgan fingerprint density at radius 3 is 2.54 bits per heavy atom. The van der Waals surface area contributed by atoms with Gasteiger partial charge in [-0.15, -0.1) is 0 Å². The number of piperazine rings is 1. The van der Waals surface area contributed by atoms with Crippen LogP contribution in [-0.2, 0) is 4.79 Å². The van der Waals surface area contributed by atoms with Gasteiger partial charge < -0.3 is 15.1 Å². The second-order valence-corrected chi connectivity index (χ2v) is 10.1. The SMILES string of the molecule is CCCN1C(c2ccncc2)=CC(C(=O)NCCCN2CCN(c3cccc(Cl)c3Cl)CC2)C1C. The number of carbonyl (C=O) groups is 1. The van der Waals surface area contributed by atoms with Gasteiger partial charge in [0.1, 0.15) is 0 Å². The van der Waals surface area contributed by atoms with Crippen LogP contribution in [0.25, 0.3) is 5.70 Å². The minimum atomic E-state index is -0.143.